The summed E-state index contributed by atoms with van der Waals surface area (Å²) in [5.74, 6) is -0.281. The van der Waals surface area contributed by atoms with Crippen molar-refractivity contribution in [1.29, 1.82) is 5.26 Å². The number of carbonyl (C=O) groups is 1. The lowest BCUT2D eigenvalue weighted by molar-refractivity contribution is 0.102. The fraction of sp³-hybridized carbons (Fsp3) is 0.174. The molecule has 1 amide bonds. The number of rotatable bonds is 5. The Bertz CT molecular complexity index is 1050. The molecule has 29 heavy (non-hydrogen) atoms. The van der Waals surface area contributed by atoms with Gasteiger partial charge in [-0.25, -0.2) is 0 Å². The Hall–Kier alpha value is -3.85. The van der Waals surface area contributed by atoms with Crippen molar-refractivity contribution in [3.05, 3.63) is 78.1 Å². The van der Waals surface area contributed by atoms with Crippen LogP contribution in [-0.4, -0.2) is 24.0 Å². The maximum Gasteiger partial charge on any atom is 0.274 e. The lowest BCUT2D eigenvalue weighted by atomic mass is 10.2. The number of aromatic nitrogens is 1. The van der Waals surface area contributed by atoms with E-state index >= 15 is 0 Å². The molecule has 1 aliphatic rings. The van der Waals surface area contributed by atoms with Crippen molar-refractivity contribution in [3.8, 4) is 6.07 Å². The Labute approximate surface area is 169 Å². The average Bonchev–Trinajstić information content (AvgIpc) is 3.30. The van der Waals surface area contributed by atoms with E-state index in [-0.39, 0.29) is 5.91 Å². The zero-order valence-electron chi connectivity index (χ0n) is 15.9. The summed E-state index contributed by atoms with van der Waals surface area (Å²) in [7, 11) is 0. The molecule has 0 saturated carbocycles. The number of pyridine rings is 1. The van der Waals surface area contributed by atoms with Gasteiger partial charge in [0, 0.05) is 36.3 Å². The molecule has 4 rings (SSSR count). The van der Waals surface area contributed by atoms with Crippen LogP contribution in [0.2, 0.25) is 0 Å². The minimum atomic E-state index is -0.281. The first-order valence-electron chi connectivity index (χ1n) is 9.61. The van der Waals surface area contributed by atoms with Crippen LogP contribution in [0.3, 0.4) is 0 Å². The van der Waals surface area contributed by atoms with Gasteiger partial charge in [-0.2, -0.15) is 5.26 Å². The molecule has 0 radical (unpaired) electrons. The maximum absolute atomic E-state index is 12.6. The highest BCUT2D eigenvalue weighted by molar-refractivity contribution is 6.03. The Morgan fingerprint density at radius 3 is 2.52 bits per heavy atom. The Morgan fingerprint density at radius 1 is 1.00 bits per heavy atom. The van der Waals surface area contributed by atoms with Crippen LogP contribution in [0.15, 0.2) is 66.9 Å². The molecular formula is C23H21N5O. The summed E-state index contributed by atoms with van der Waals surface area (Å²) in [6.07, 6.45) is 4.03. The number of nitrogens with one attached hydrogen (secondary N) is 2. The molecule has 0 atom stereocenters. The summed E-state index contributed by atoms with van der Waals surface area (Å²) in [4.78, 5) is 19.1. The van der Waals surface area contributed by atoms with Crippen molar-refractivity contribution in [2.24, 2.45) is 0 Å². The van der Waals surface area contributed by atoms with E-state index in [2.05, 4.69) is 26.6 Å². The van der Waals surface area contributed by atoms with Crippen molar-refractivity contribution in [3.63, 3.8) is 0 Å². The fourth-order valence-corrected chi connectivity index (χ4v) is 3.40. The summed E-state index contributed by atoms with van der Waals surface area (Å²) >= 11 is 0. The predicted octanol–water partition coefficient (Wildman–Crippen LogP) is 4.55. The highest BCUT2D eigenvalue weighted by atomic mass is 16.1. The quantitative estimate of drug-likeness (QED) is 0.676. The molecule has 2 N–H and O–H groups in total. The van der Waals surface area contributed by atoms with Gasteiger partial charge in [-0.1, -0.05) is 12.1 Å². The van der Waals surface area contributed by atoms with Gasteiger partial charge >= 0.3 is 0 Å². The van der Waals surface area contributed by atoms with E-state index in [1.165, 1.54) is 18.5 Å². The van der Waals surface area contributed by atoms with Crippen LogP contribution in [0.5, 0.6) is 0 Å². The number of hydrogen-bond donors (Lipinski definition) is 2. The lowest BCUT2D eigenvalue weighted by Gasteiger charge is -2.17. The highest BCUT2D eigenvalue weighted by Crippen LogP contribution is 2.23. The molecule has 2 heterocycles. The van der Waals surface area contributed by atoms with E-state index in [4.69, 9.17) is 0 Å². The first-order valence-corrected chi connectivity index (χ1v) is 9.61. The summed E-state index contributed by atoms with van der Waals surface area (Å²) in [6, 6.07) is 20.7. The molecule has 0 unspecified atom stereocenters. The summed E-state index contributed by atoms with van der Waals surface area (Å²) in [6.45, 7) is 2.18. The number of nitriles is 1. The topological polar surface area (TPSA) is 81.0 Å². The SMILES string of the molecule is N#Cc1ccccc1Nc1ccnc(C(=O)Nc2ccc(N3CCCC3)cc2)c1. The minimum absolute atomic E-state index is 0.281. The van der Waals surface area contributed by atoms with E-state index in [1.807, 2.05) is 42.5 Å². The maximum atomic E-state index is 12.6. The van der Waals surface area contributed by atoms with Crippen LogP contribution in [0, 0.1) is 11.3 Å². The first kappa shape index (κ1) is 18.5. The van der Waals surface area contributed by atoms with Gasteiger partial charge in [0.1, 0.15) is 11.8 Å². The van der Waals surface area contributed by atoms with Gasteiger partial charge in [-0.15, -0.1) is 0 Å². The second-order valence-electron chi connectivity index (χ2n) is 6.91. The largest absolute Gasteiger partial charge is 0.372 e. The number of nitrogens with zero attached hydrogens (tertiary/aromatic N) is 3. The van der Waals surface area contributed by atoms with Crippen molar-refractivity contribution in [1.82, 2.24) is 4.98 Å². The van der Waals surface area contributed by atoms with Crippen LogP contribution >= 0.6 is 0 Å². The average molecular weight is 383 g/mol. The Kier molecular flexibility index (Phi) is 5.39. The number of amides is 1. The van der Waals surface area contributed by atoms with E-state index in [9.17, 15) is 10.1 Å². The minimum Gasteiger partial charge on any atom is -0.372 e. The molecule has 1 fully saturated rings. The van der Waals surface area contributed by atoms with Gasteiger partial charge in [-0.3, -0.25) is 9.78 Å². The third-order valence-electron chi connectivity index (χ3n) is 4.92. The summed E-state index contributed by atoms with van der Waals surface area (Å²) in [5, 5.41) is 15.3. The molecule has 1 aromatic heterocycles. The van der Waals surface area contributed by atoms with Crippen LogP contribution in [-0.2, 0) is 0 Å². The third kappa shape index (κ3) is 4.36. The monoisotopic (exact) mass is 383 g/mol. The zero-order chi connectivity index (χ0) is 20.1. The Balaban J connectivity index is 1.45. The predicted molar refractivity (Wildman–Crippen MR) is 115 cm³/mol. The highest BCUT2D eigenvalue weighted by Gasteiger charge is 2.13. The molecule has 0 spiro atoms. The first-order chi connectivity index (χ1) is 14.2. The number of para-hydroxylation sites is 1. The van der Waals surface area contributed by atoms with Crippen LogP contribution < -0.4 is 15.5 Å². The van der Waals surface area contributed by atoms with E-state index in [0.29, 0.717) is 22.6 Å². The fourth-order valence-electron chi connectivity index (χ4n) is 3.40. The summed E-state index contributed by atoms with van der Waals surface area (Å²) < 4.78 is 0. The number of anilines is 4. The zero-order valence-corrected chi connectivity index (χ0v) is 15.9. The molecule has 1 saturated heterocycles. The molecule has 0 bridgehead atoms. The molecule has 1 aliphatic heterocycles. The van der Waals surface area contributed by atoms with Gasteiger partial charge < -0.3 is 15.5 Å². The van der Waals surface area contributed by atoms with Crippen LogP contribution in [0.25, 0.3) is 0 Å². The number of carbonyl (C=O) groups excluding carboxylic acids is 1. The molecule has 144 valence electrons. The van der Waals surface area contributed by atoms with Crippen LogP contribution in [0.1, 0.15) is 28.9 Å². The van der Waals surface area contributed by atoms with E-state index in [1.54, 1.807) is 24.4 Å². The van der Waals surface area contributed by atoms with Crippen molar-refractivity contribution < 1.29 is 4.79 Å². The molecule has 6 nitrogen and oxygen atoms in total. The molecule has 6 heteroatoms. The number of benzene rings is 2. The molecule has 2 aromatic carbocycles. The molecule has 3 aromatic rings. The van der Waals surface area contributed by atoms with Crippen molar-refractivity contribution >= 4 is 28.7 Å². The van der Waals surface area contributed by atoms with Crippen molar-refractivity contribution in [2.75, 3.05) is 28.6 Å². The normalized spacial score (nSPS) is 13.0. The standard InChI is InChI=1S/C23H21N5O/c24-16-17-5-1-2-6-21(17)26-19-11-12-25-22(15-19)23(29)27-18-7-9-20(10-8-18)28-13-3-4-14-28/h1-2,5-12,15H,3-4,13-14H2,(H,25,26)(H,27,29). The van der Waals surface area contributed by atoms with E-state index in [0.717, 1.165) is 18.8 Å². The second kappa shape index (κ2) is 8.44. The van der Waals surface area contributed by atoms with Gasteiger partial charge in [0.15, 0.2) is 0 Å². The van der Waals surface area contributed by atoms with Gasteiger partial charge in [0.25, 0.3) is 5.91 Å². The third-order valence-corrected chi connectivity index (χ3v) is 4.92. The van der Waals surface area contributed by atoms with Crippen LogP contribution in [0.4, 0.5) is 22.7 Å². The van der Waals surface area contributed by atoms with Gasteiger partial charge in [0.2, 0.25) is 0 Å². The molecular weight excluding hydrogens is 362 g/mol. The van der Waals surface area contributed by atoms with Crippen molar-refractivity contribution in [2.45, 2.75) is 12.8 Å². The second-order valence-corrected chi connectivity index (χ2v) is 6.91. The Morgan fingerprint density at radius 2 is 1.76 bits per heavy atom. The van der Waals surface area contributed by atoms with Gasteiger partial charge in [0.05, 0.1) is 11.3 Å². The van der Waals surface area contributed by atoms with Gasteiger partial charge in [-0.05, 0) is 61.4 Å². The lowest BCUT2D eigenvalue weighted by Crippen LogP contribution is -2.17. The smallest absolute Gasteiger partial charge is 0.274 e. The van der Waals surface area contributed by atoms with E-state index < -0.39 is 0 Å². The molecule has 0 aliphatic carbocycles. The summed E-state index contributed by atoms with van der Waals surface area (Å²) in [5.41, 5.74) is 4.12. The number of hydrogen-bond acceptors (Lipinski definition) is 5.